The van der Waals surface area contributed by atoms with Crippen LogP contribution < -0.4 is 0 Å². The molecule has 0 radical (unpaired) electrons. The molecule has 0 heterocycles. The molecule has 0 fully saturated rings. The van der Waals surface area contributed by atoms with Gasteiger partial charge in [0.2, 0.25) is 0 Å². The fraction of sp³-hybridized carbons (Fsp3) is 0.400. The SMILES string of the molecule is CCc1cc(I)cc(CC)c1O. The molecule has 0 aliphatic rings. The predicted octanol–water partition coefficient (Wildman–Crippen LogP) is 3.12. The average Bonchev–Trinajstić information content (AvgIpc) is 2.08. The normalized spacial score (nSPS) is 10.2. The van der Waals surface area contributed by atoms with Crippen molar-refractivity contribution in [1.29, 1.82) is 0 Å². The van der Waals surface area contributed by atoms with E-state index in [-0.39, 0.29) is 0 Å². The van der Waals surface area contributed by atoms with Gasteiger partial charge in [-0.05, 0) is 58.7 Å². The van der Waals surface area contributed by atoms with Gasteiger partial charge in [-0.1, -0.05) is 13.8 Å². The van der Waals surface area contributed by atoms with Crippen LogP contribution in [-0.4, -0.2) is 5.11 Å². The van der Waals surface area contributed by atoms with Crippen LogP contribution in [0, 0.1) is 3.57 Å². The fourth-order valence-corrected chi connectivity index (χ4v) is 2.01. The summed E-state index contributed by atoms with van der Waals surface area (Å²) >= 11 is 2.28. The molecule has 1 nitrogen and oxygen atoms in total. The van der Waals surface area contributed by atoms with Crippen molar-refractivity contribution in [2.75, 3.05) is 0 Å². The molecule has 12 heavy (non-hydrogen) atoms. The third-order valence-corrected chi connectivity index (χ3v) is 2.62. The molecule has 0 spiro atoms. The van der Waals surface area contributed by atoms with E-state index in [0.29, 0.717) is 5.75 Å². The van der Waals surface area contributed by atoms with E-state index in [2.05, 4.69) is 36.4 Å². The van der Waals surface area contributed by atoms with Gasteiger partial charge < -0.3 is 5.11 Å². The third kappa shape index (κ3) is 1.91. The number of rotatable bonds is 2. The number of hydrogen-bond acceptors (Lipinski definition) is 1. The highest BCUT2D eigenvalue weighted by Gasteiger charge is 2.05. The van der Waals surface area contributed by atoms with Crippen LogP contribution in [0.3, 0.4) is 0 Å². The first kappa shape index (κ1) is 9.84. The van der Waals surface area contributed by atoms with Crippen molar-refractivity contribution in [1.82, 2.24) is 0 Å². The number of aryl methyl sites for hydroxylation is 2. The molecule has 1 aromatic carbocycles. The topological polar surface area (TPSA) is 20.2 Å². The maximum atomic E-state index is 9.71. The zero-order chi connectivity index (χ0) is 9.14. The molecule has 66 valence electrons. The first-order valence-electron chi connectivity index (χ1n) is 4.19. The third-order valence-electron chi connectivity index (χ3n) is 1.99. The summed E-state index contributed by atoms with van der Waals surface area (Å²) in [7, 11) is 0. The lowest BCUT2D eigenvalue weighted by Crippen LogP contribution is -1.90. The fourth-order valence-electron chi connectivity index (χ4n) is 1.26. The quantitative estimate of drug-likeness (QED) is 0.823. The van der Waals surface area contributed by atoms with Crippen LogP contribution in [0.5, 0.6) is 5.75 Å². The van der Waals surface area contributed by atoms with E-state index in [1.165, 1.54) is 3.57 Å². The number of benzene rings is 1. The van der Waals surface area contributed by atoms with Crippen LogP contribution in [0.15, 0.2) is 12.1 Å². The van der Waals surface area contributed by atoms with E-state index in [0.717, 1.165) is 24.0 Å². The zero-order valence-corrected chi connectivity index (χ0v) is 9.55. The second-order valence-electron chi connectivity index (χ2n) is 2.78. The van der Waals surface area contributed by atoms with Gasteiger partial charge in [0.15, 0.2) is 0 Å². The minimum absolute atomic E-state index is 0.486. The molecule has 0 amide bonds. The van der Waals surface area contributed by atoms with Gasteiger partial charge in [-0.15, -0.1) is 0 Å². The van der Waals surface area contributed by atoms with Crippen molar-refractivity contribution >= 4 is 22.6 Å². The Morgan fingerprint density at radius 2 is 1.58 bits per heavy atom. The van der Waals surface area contributed by atoms with Gasteiger partial charge in [0.25, 0.3) is 0 Å². The summed E-state index contributed by atoms with van der Waals surface area (Å²) in [5.41, 5.74) is 2.11. The first-order valence-corrected chi connectivity index (χ1v) is 5.27. The molecule has 0 aromatic heterocycles. The van der Waals surface area contributed by atoms with Crippen molar-refractivity contribution in [2.24, 2.45) is 0 Å². The largest absolute Gasteiger partial charge is 0.507 e. The van der Waals surface area contributed by atoms with E-state index in [1.54, 1.807) is 0 Å². The van der Waals surface area contributed by atoms with Crippen LogP contribution in [-0.2, 0) is 12.8 Å². The van der Waals surface area contributed by atoms with Crippen LogP contribution in [0.4, 0.5) is 0 Å². The van der Waals surface area contributed by atoms with Gasteiger partial charge in [-0.3, -0.25) is 0 Å². The number of phenols is 1. The van der Waals surface area contributed by atoms with E-state index >= 15 is 0 Å². The Morgan fingerprint density at radius 1 is 1.17 bits per heavy atom. The van der Waals surface area contributed by atoms with Crippen molar-refractivity contribution in [3.8, 4) is 5.75 Å². The Bertz CT molecular complexity index is 256. The summed E-state index contributed by atoms with van der Waals surface area (Å²) in [6, 6.07) is 4.07. The number of hydrogen-bond donors (Lipinski definition) is 1. The van der Waals surface area contributed by atoms with Gasteiger partial charge >= 0.3 is 0 Å². The zero-order valence-electron chi connectivity index (χ0n) is 7.39. The Labute approximate surface area is 86.9 Å². The average molecular weight is 276 g/mol. The lowest BCUT2D eigenvalue weighted by atomic mass is 10.1. The Hall–Kier alpha value is -0.250. The van der Waals surface area contributed by atoms with Crippen LogP contribution in [0.1, 0.15) is 25.0 Å². The van der Waals surface area contributed by atoms with Crippen molar-refractivity contribution < 1.29 is 5.11 Å². The smallest absolute Gasteiger partial charge is 0.122 e. The molecule has 0 aliphatic heterocycles. The van der Waals surface area contributed by atoms with Gasteiger partial charge in [-0.25, -0.2) is 0 Å². The van der Waals surface area contributed by atoms with E-state index in [4.69, 9.17) is 0 Å². The second kappa shape index (κ2) is 4.12. The highest BCUT2D eigenvalue weighted by molar-refractivity contribution is 14.1. The molecule has 0 bridgehead atoms. The molecule has 0 saturated heterocycles. The van der Waals surface area contributed by atoms with Crippen molar-refractivity contribution in [3.05, 3.63) is 26.8 Å². The Morgan fingerprint density at radius 3 is 1.92 bits per heavy atom. The molecule has 1 aromatic rings. The predicted molar refractivity (Wildman–Crippen MR) is 59.6 cm³/mol. The summed E-state index contributed by atoms with van der Waals surface area (Å²) in [5, 5.41) is 9.71. The maximum absolute atomic E-state index is 9.71. The van der Waals surface area contributed by atoms with Crippen LogP contribution in [0.25, 0.3) is 0 Å². The highest BCUT2D eigenvalue weighted by Crippen LogP contribution is 2.26. The molecular weight excluding hydrogens is 263 g/mol. The lowest BCUT2D eigenvalue weighted by Gasteiger charge is -2.07. The molecule has 2 heteroatoms. The molecule has 0 atom stereocenters. The van der Waals surface area contributed by atoms with Gasteiger partial charge in [-0.2, -0.15) is 0 Å². The minimum Gasteiger partial charge on any atom is -0.507 e. The number of halogens is 1. The lowest BCUT2D eigenvalue weighted by molar-refractivity contribution is 0.462. The molecule has 1 rings (SSSR count). The minimum atomic E-state index is 0.486. The van der Waals surface area contributed by atoms with Gasteiger partial charge in [0, 0.05) is 3.57 Å². The molecule has 0 aliphatic carbocycles. The summed E-state index contributed by atoms with van der Waals surface area (Å²) in [4.78, 5) is 0. The van der Waals surface area contributed by atoms with Crippen LogP contribution in [0.2, 0.25) is 0 Å². The molecule has 0 unspecified atom stereocenters. The van der Waals surface area contributed by atoms with E-state index < -0.39 is 0 Å². The van der Waals surface area contributed by atoms with Crippen molar-refractivity contribution in [3.63, 3.8) is 0 Å². The summed E-state index contributed by atoms with van der Waals surface area (Å²) < 4.78 is 1.21. The molecule has 1 N–H and O–H groups in total. The summed E-state index contributed by atoms with van der Waals surface area (Å²) in [6.07, 6.45) is 1.80. The summed E-state index contributed by atoms with van der Waals surface area (Å²) in [5.74, 6) is 0.486. The number of phenolic OH excluding ortho intramolecular Hbond substituents is 1. The second-order valence-corrected chi connectivity index (χ2v) is 4.03. The molecular formula is C10H13IO. The summed E-state index contributed by atoms with van der Waals surface area (Å²) in [6.45, 7) is 4.12. The van der Waals surface area contributed by atoms with E-state index in [9.17, 15) is 5.11 Å². The first-order chi connectivity index (χ1) is 5.69. The number of aromatic hydroxyl groups is 1. The Balaban J connectivity index is 3.22. The van der Waals surface area contributed by atoms with Crippen molar-refractivity contribution in [2.45, 2.75) is 26.7 Å². The van der Waals surface area contributed by atoms with E-state index in [1.807, 2.05) is 12.1 Å². The highest BCUT2D eigenvalue weighted by atomic mass is 127. The maximum Gasteiger partial charge on any atom is 0.122 e. The molecule has 0 saturated carbocycles. The van der Waals surface area contributed by atoms with Gasteiger partial charge in [0.05, 0.1) is 0 Å². The Kier molecular flexibility index (Phi) is 3.38. The van der Waals surface area contributed by atoms with Crippen LogP contribution >= 0.6 is 22.6 Å². The monoisotopic (exact) mass is 276 g/mol. The standard InChI is InChI=1S/C10H13IO/c1-3-7-5-9(11)6-8(4-2)10(7)12/h5-6,12H,3-4H2,1-2H3. The van der Waals surface area contributed by atoms with Gasteiger partial charge in [0.1, 0.15) is 5.75 Å².